The average Bonchev–Trinajstić information content (AvgIpc) is 4.00. The molecule has 0 aromatic heterocycles. The summed E-state index contributed by atoms with van der Waals surface area (Å²) in [6, 6.07) is 9.29. The molecule has 0 bridgehead atoms. The molecule has 1 aliphatic heterocycles. The molecule has 22 heteroatoms. The van der Waals surface area contributed by atoms with Crippen LogP contribution in [-0.4, -0.2) is 117 Å². The first-order chi connectivity index (χ1) is 28.4. The first-order valence-electron chi connectivity index (χ1n) is 18.5. The quantitative estimate of drug-likeness (QED) is 0.0438. The van der Waals surface area contributed by atoms with E-state index in [9.17, 15) is 63.3 Å². The number of epoxide rings is 1. The van der Waals surface area contributed by atoms with E-state index in [2.05, 4.69) is 21.3 Å². The third-order valence-electron chi connectivity index (χ3n) is 8.74. The number of carboxylic acid groups (broad SMARTS) is 3. The van der Waals surface area contributed by atoms with Gasteiger partial charge in [0, 0.05) is 6.42 Å². The van der Waals surface area contributed by atoms with E-state index in [1.807, 2.05) is 10.9 Å². The van der Waals surface area contributed by atoms with Crippen molar-refractivity contribution in [3.63, 3.8) is 0 Å². The number of alkyl carbamates (subject to hydrolysis) is 1. The van der Waals surface area contributed by atoms with Gasteiger partial charge in [-0.05, 0) is 29.9 Å². The number of carbonyl (C=O) groups is 10. The van der Waals surface area contributed by atoms with E-state index in [0.29, 0.717) is 5.56 Å². The minimum Gasteiger partial charge on any atom is -0.481 e. The SMILES string of the molecule is CC(C)[C@H](NC(=O)[C@H](CCC(=O)O)NC(=O)[C@H](CC(=O)O)NC(=O)OCc1ccccc1)C(=O)N[C@@H](CC(=O)O)C(=O)NNC(=O)C1OC1C(=O)C(N)Cc1ccccc1. The predicted molar refractivity (Wildman–Crippen MR) is 204 cm³/mol. The van der Waals surface area contributed by atoms with Gasteiger partial charge in [-0.2, -0.15) is 0 Å². The van der Waals surface area contributed by atoms with Gasteiger partial charge in [-0.15, -0.1) is 0 Å². The van der Waals surface area contributed by atoms with Crippen LogP contribution in [0.3, 0.4) is 0 Å². The molecule has 3 rings (SSSR count). The summed E-state index contributed by atoms with van der Waals surface area (Å²) in [7, 11) is 0. The molecule has 0 radical (unpaired) electrons. The van der Waals surface area contributed by atoms with E-state index in [1.165, 1.54) is 13.8 Å². The second kappa shape index (κ2) is 22.9. The predicted octanol–water partition coefficient (Wildman–Crippen LogP) is -1.74. The summed E-state index contributed by atoms with van der Waals surface area (Å²) in [5, 5.41) is 36.9. The summed E-state index contributed by atoms with van der Waals surface area (Å²) in [5.41, 5.74) is 11.3. The molecular weight excluding hydrogens is 794 g/mol. The molecule has 7 atom stereocenters. The summed E-state index contributed by atoms with van der Waals surface area (Å²) >= 11 is 0. The number of nitrogens with two attached hydrogens (primary N) is 1. The topological polar surface area (TPSA) is 351 Å². The molecule has 22 nitrogen and oxygen atoms in total. The van der Waals surface area contributed by atoms with Crippen LogP contribution in [0, 0.1) is 5.92 Å². The number of hydrazine groups is 1. The van der Waals surface area contributed by atoms with E-state index in [1.54, 1.807) is 60.7 Å². The Balaban J connectivity index is 1.64. The average molecular weight is 842 g/mol. The van der Waals surface area contributed by atoms with Gasteiger partial charge < -0.3 is 51.8 Å². The fraction of sp³-hybridized carbons (Fsp3) is 0.421. The largest absolute Gasteiger partial charge is 0.481 e. The Morgan fingerprint density at radius 1 is 0.650 bits per heavy atom. The molecule has 3 unspecified atom stereocenters. The number of Topliss-reactive ketones (excluding diaryl/α,β-unsaturated/α-hetero) is 1. The van der Waals surface area contributed by atoms with Crippen LogP contribution in [0.25, 0.3) is 0 Å². The van der Waals surface area contributed by atoms with Crippen LogP contribution in [0.15, 0.2) is 60.7 Å². The third-order valence-corrected chi connectivity index (χ3v) is 8.74. The van der Waals surface area contributed by atoms with Gasteiger partial charge in [0.15, 0.2) is 18.0 Å². The van der Waals surface area contributed by atoms with Crippen LogP contribution in [0.5, 0.6) is 0 Å². The van der Waals surface area contributed by atoms with Crippen molar-refractivity contribution in [1.29, 1.82) is 0 Å². The van der Waals surface area contributed by atoms with Crippen LogP contribution >= 0.6 is 0 Å². The molecule has 1 fully saturated rings. The van der Waals surface area contributed by atoms with Gasteiger partial charge in [-0.3, -0.25) is 54.0 Å². The zero-order chi connectivity index (χ0) is 44.5. The highest BCUT2D eigenvalue weighted by atomic mass is 16.6. The lowest BCUT2D eigenvalue weighted by Gasteiger charge is -2.27. The number of rotatable bonds is 23. The zero-order valence-corrected chi connectivity index (χ0v) is 32.5. The maximum atomic E-state index is 13.5. The molecule has 2 aromatic carbocycles. The standard InChI is InChI=1S/C38H47N7O15/c1-19(2)29(43-33(53)23(13-14-26(46)47)40-34(54)24(16-27(48)49)42-38(58)59-18-21-11-7-4-8-12-21)36(56)41-25(17-28(50)51)35(55)44-45-37(57)32-31(60-32)30(52)22(39)15-20-9-5-3-6-10-20/h3-12,19,22-25,29,31-32H,13-18,39H2,1-2H3,(H,40,54)(H,41,56)(H,42,58)(H,43,53)(H,44,55)(H,45,57)(H,46,47)(H,48,49)(H,50,51)/t22?,23-,24-,25-,29-,31?,32?/m0/s1. The van der Waals surface area contributed by atoms with E-state index < -0.39 is 133 Å². The molecule has 1 saturated heterocycles. The first kappa shape index (κ1) is 47.4. The van der Waals surface area contributed by atoms with Gasteiger partial charge in [-0.25, -0.2) is 4.79 Å². The fourth-order valence-electron chi connectivity index (χ4n) is 5.52. The molecule has 324 valence electrons. The Hall–Kier alpha value is -6.94. The molecule has 0 aliphatic carbocycles. The van der Waals surface area contributed by atoms with Crippen LogP contribution in [0.1, 0.15) is 50.7 Å². The molecular formula is C38H47N7O15. The highest BCUT2D eigenvalue weighted by molar-refractivity contribution is 6.00. The number of carboxylic acids is 3. The van der Waals surface area contributed by atoms with Crippen LogP contribution < -0.4 is 37.9 Å². The fourth-order valence-corrected chi connectivity index (χ4v) is 5.52. The monoisotopic (exact) mass is 841 g/mol. The van der Waals surface area contributed by atoms with Gasteiger partial charge in [0.05, 0.1) is 18.9 Å². The second-order valence-corrected chi connectivity index (χ2v) is 13.9. The number of benzene rings is 2. The Bertz CT molecular complexity index is 1900. The molecule has 1 heterocycles. The minimum absolute atomic E-state index is 0.176. The van der Waals surface area contributed by atoms with Gasteiger partial charge in [0.1, 0.15) is 30.8 Å². The highest BCUT2D eigenvalue weighted by Gasteiger charge is 2.51. The zero-order valence-electron chi connectivity index (χ0n) is 32.5. The van der Waals surface area contributed by atoms with Gasteiger partial charge in [0.2, 0.25) is 17.7 Å². The number of hydrogen-bond donors (Lipinski definition) is 10. The Kier molecular flexibility index (Phi) is 18.1. The summed E-state index contributed by atoms with van der Waals surface area (Å²) in [6.45, 7) is 2.67. The second-order valence-electron chi connectivity index (χ2n) is 13.9. The maximum Gasteiger partial charge on any atom is 0.408 e. The number of amides is 6. The number of aliphatic carboxylic acids is 3. The van der Waals surface area contributed by atoms with Gasteiger partial charge in [-0.1, -0.05) is 74.5 Å². The summed E-state index contributed by atoms with van der Waals surface area (Å²) in [5.74, 6) is -11.5. The third kappa shape index (κ3) is 15.8. The van der Waals surface area contributed by atoms with Gasteiger partial charge in [0.25, 0.3) is 11.8 Å². The Morgan fingerprint density at radius 3 is 1.73 bits per heavy atom. The minimum atomic E-state index is -1.85. The van der Waals surface area contributed by atoms with Crippen molar-refractivity contribution >= 4 is 59.3 Å². The van der Waals surface area contributed by atoms with E-state index in [0.717, 1.165) is 5.56 Å². The Labute approximate surface area is 342 Å². The molecule has 0 spiro atoms. The first-order valence-corrected chi connectivity index (χ1v) is 18.5. The molecule has 2 aromatic rings. The lowest BCUT2D eigenvalue weighted by atomic mass is 10.0. The van der Waals surface area contributed by atoms with Crippen molar-refractivity contribution < 1.29 is 72.7 Å². The lowest BCUT2D eigenvalue weighted by Crippen LogP contribution is -2.60. The molecule has 1 aliphatic rings. The van der Waals surface area contributed by atoms with Crippen molar-refractivity contribution in [3.8, 4) is 0 Å². The molecule has 0 saturated carbocycles. The number of nitrogens with one attached hydrogen (secondary N) is 6. The summed E-state index contributed by atoms with van der Waals surface area (Å²) < 4.78 is 10.2. The maximum absolute atomic E-state index is 13.5. The lowest BCUT2D eigenvalue weighted by molar-refractivity contribution is -0.142. The van der Waals surface area contributed by atoms with Crippen molar-refractivity contribution in [2.45, 2.75) is 95.0 Å². The number of carbonyl (C=O) groups excluding carboxylic acids is 7. The van der Waals surface area contributed by atoms with Crippen molar-refractivity contribution in [2.75, 3.05) is 0 Å². The number of ketones is 1. The van der Waals surface area contributed by atoms with Gasteiger partial charge >= 0.3 is 24.0 Å². The van der Waals surface area contributed by atoms with Crippen LogP contribution in [0.4, 0.5) is 4.79 Å². The molecule has 6 amide bonds. The smallest absolute Gasteiger partial charge is 0.408 e. The normalized spacial score (nSPS) is 16.6. The Morgan fingerprint density at radius 2 is 1.18 bits per heavy atom. The van der Waals surface area contributed by atoms with Crippen LogP contribution in [-0.2, 0) is 65.7 Å². The van der Waals surface area contributed by atoms with Crippen LogP contribution in [0.2, 0.25) is 0 Å². The van der Waals surface area contributed by atoms with E-state index >= 15 is 0 Å². The highest BCUT2D eigenvalue weighted by Crippen LogP contribution is 2.24. The number of ether oxygens (including phenoxy) is 2. The van der Waals surface area contributed by atoms with E-state index in [-0.39, 0.29) is 13.0 Å². The molecule has 60 heavy (non-hydrogen) atoms. The van der Waals surface area contributed by atoms with Crippen molar-refractivity contribution in [1.82, 2.24) is 32.1 Å². The van der Waals surface area contributed by atoms with E-state index in [4.69, 9.17) is 15.2 Å². The number of hydrogen-bond acceptors (Lipinski definition) is 13. The summed E-state index contributed by atoms with van der Waals surface area (Å²) in [4.78, 5) is 126. The summed E-state index contributed by atoms with van der Waals surface area (Å²) in [6.07, 6.45) is -6.76. The van der Waals surface area contributed by atoms with Crippen molar-refractivity contribution in [3.05, 3.63) is 71.8 Å². The van der Waals surface area contributed by atoms with Crippen molar-refractivity contribution in [2.24, 2.45) is 11.7 Å². The molecule has 11 N–H and O–H groups in total.